The van der Waals surface area contributed by atoms with Crippen molar-refractivity contribution < 1.29 is 14.6 Å². The van der Waals surface area contributed by atoms with Crippen LogP contribution in [0.2, 0.25) is 0 Å². The number of ether oxygens (including phenoxy) is 1. The number of carbonyl (C=O) groups excluding carboxylic acids is 1. The minimum Gasteiger partial charge on any atom is -0.490 e. The highest BCUT2D eigenvalue weighted by atomic mass is 16.5. The predicted molar refractivity (Wildman–Crippen MR) is 117 cm³/mol. The van der Waals surface area contributed by atoms with E-state index in [-0.39, 0.29) is 12.4 Å². The summed E-state index contributed by atoms with van der Waals surface area (Å²) in [5.74, 6) is 2.15. The van der Waals surface area contributed by atoms with Gasteiger partial charge in [-0.1, -0.05) is 20.8 Å². The molecule has 1 aliphatic carbocycles. The maximum absolute atomic E-state index is 12.0. The van der Waals surface area contributed by atoms with E-state index in [2.05, 4.69) is 4.98 Å². The number of aryl methyl sites for hydroxylation is 1. The largest absolute Gasteiger partial charge is 0.490 e. The molecule has 2 aromatic heterocycles. The monoisotopic (exact) mass is 412 g/mol. The van der Waals surface area contributed by atoms with Gasteiger partial charge in [-0.3, -0.25) is 9.78 Å². The van der Waals surface area contributed by atoms with Gasteiger partial charge in [0.2, 0.25) is 0 Å². The smallest absolute Gasteiger partial charge is 0.180 e. The first kappa shape index (κ1) is 22.2. The lowest BCUT2D eigenvalue weighted by Gasteiger charge is -2.25. The quantitative estimate of drug-likeness (QED) is 0.640. The van der Waals surface area contributed by atoms with E-state index in [1.165, 1.54) is 0 Å². The van der Waals surface area contributed by atoms with Crippen LogP contribution in [0.4, 0.5) is 5.82 Å². The number of anilines is 1. The summed E-state index contributed by atoms with van der Waals surface area (Å²) in [7, 11) is 1.90. The number of aliphatic hydroxyl groups is 1. The Labute approximate surface area is 178 Å². The van der Waals surface area contributed by atoms with E-state index in [1.54, 1.807) is 12.3 Å². The van der Waals surface area contributed by atoms with Crippen molar-refractivity contribution in [2.24, 2.45) is 0 Å². The van der Waals surface area contributed by atoms with Gasteiger partial charge in [0.05, 0.1) is 12.1 Å². The zero-order valence-corrected chi connectivity index (χ0v) is 18.4. The number of hydrogen-bond acceptors (Lipinski definition) is 7. The summed E-state index contributed by atoms with van der Waals surface area (Å²) < 4.78 is 5.85. The second-order valence-corrected chi connectivity index (χ2v) is 7.99. The lowest BCUT2D eigenvalue weighted by molar-refractivity contribution is -0.117. The normalized spacial score (nSPS) is 13.2. The predicted octanol–water partition coefficient (Wildman–Crippen LogP) is 3.37. The van der Waals surface area contributed by atoms with Crippen molar-refractivity contribution in [3.63, 3.8) is 0 Å². The van der Waals surface area contributed by atoms with Crippen molar-refractivity contribution in [1.82, 2.24) is 15.0 Å². The van der Waals surface area contributed by atoms with E-state index in [0.29, 0.717) is 43.1 Å². The third-order valence-corrected chi connectivity index (χ3v) is 5.86. The van der Waals surface area contributed by atoms with Gasteiger partial charge in [0, 0.05) is 37.0 Å². The van der Waals surface area contributed by atoms with E-state index < -0.39 is 5.60 Å². The van der Waals surface area contributed by atoms with Gasteiger partial charge in [-0.2, -0.15) is 0 Å². The average Bonchev–Trinajstić information content (AvgIpc) is 3.25. The van der Waals surface area contributed by atoms with Gasteiger partial charge in [-0.25, -0.2) is 9.97 Å². The molecule has 0 aliphatic heterocycles. The molecular formula is C23H32N4O3. The number of fused-ring (bicyclic) bond motifs is 1. The molecule has 1 N–H and O–H groups in total. The Morgan fingerprint density at radius 3 is 2.70 bits per heavy atom. The first-order chi connectivity index (χ1) is 14.4. The third-order valence-electron chi connectivity index (χ3n) is 5.86. The van der Waals surface area contributed by atoms with Gasteiger partial charge in [-0.05, 0) is 38.2 Å². The van der Waals surface area contributed by atoms with E-state index >= 15 is 0 Å². The van der Waals surface area contributed by atoms with Crippen LogP contribution in [0.25, 0.3) is 11.5 Å². The summed E-state index contributed by atoms with van der Waals surface area (Å²) in [6, 6.07) is 3.58. The first-order valence-electron chi connectivity index (χ1n) is 10.8. The molecule has 0 saturated heterocycles. The molecule has 0 unspecified atom stereocenters. The van der Waals surface area contributed by atoms with Gasteiger partial charge >= 0.3 is 0 Å². The number of hydrogen-bond donors (Lipinski definition) is 1. The summed E-state index contributed by atoms with van der Waals surface area (Å²) in [5.41, 5.74) is 1.95. The Morgan fingerprint density at radius 1 is 1.23 bits per heavy atom. The molecule has 7 heteroatoms. The summed E-state index contributed by atoms with van der Waals surface area (Å²) in [6.07, 6.45) is 6.31. The van der Waals surface area contributed by atoms with Crippen molar-refractivity contribution in [3.05, 3.63) is 29.6 Å². The Balaban J connectivity index is 1.89. The second kappa shape index (κ2) is 9.51. The Hall–Kier alpha value is -2.54. The van der Waals surface area contributed by atoms with Crippen LogP contribution in [-0.4, -0.2) is 51.6 Å². The van der Waals surface area contributed by atoms with Crippen LogP contribution in [0.1, 0.15) is 57.7 Å². The van der Waals surface area contributed by atoms with Crippen LogP contribution in [0.15, 0.2) is 18.3 Å². The van der Waals surface area contributed by atoms with Crippen LogP contribution < -0.4 is 9.64 Å². The minimum atomic E-state index is -0.838. The van der Waals surface area contributed by atoms with Gasteiger partial charge in [0.1, 0.15) is 23.9 Å². The summed E-state index contributed by atoms with van der Waals surface area (Å²) in [5, 5.41) is 10.5. The highest BCUT2D eigenvalue weighted by Crippen LogP contribution is 2.31. The summed E-state index contributed by atoms with van der Waals surface area (Å²) in [4.78, 5) is 27.9. The van der Waals surface area contributed by atoms with Crippen molar-refractivity contribution in [2.45, 2.75) is 64.9 Å². The van der Waals surface area contributed by atoms with Crippen LogP contribution in [0.3, 0.4) is 0 Å². The topological polar surface area (TPSA) is 88.4 Å². The molecule has 30 heavy (non-hydrogen) atoms. The third kappa shape index (κ3) is 4.95. The Bertz CT molecular complexity index is 896. The molecule has 0 saturated carbocycles. The van der Waals surface area contributed by atoms with Crippen molar-refractivity contribution >= 4 is 11.6 Å². The fraction of sp³-hybridized carbons (Fsp3) is 0.565. The second-order valence-electron chi connectivity index (χ2n) is 7.99. The number of aromatic nitrogens is 3. The van der Waals surface area contributed by atoms with E-state index in [9.17, 15) is 9.90 Å². The highest BCUT2D eigenvalue weighted by molar-refractivity contribution is 5.83. The van der Waals surface area contributed by atoms with Gasteiger partial charge in [-0.15, -0.1) is 0 Å². The lowest BCUT2D eigenvalue weighted by atomic mass is 9.99. The number of carbonyl (C=O) groups is 1. The number of likely N-dealkylation sites (N-methyl/N-ethyl adjacent to an activating group) is 1. The molecule has 0 atom stereocenters. The van der Waals surface area contributed by atoms with Crippen molar-refractivity contribution in [1.29, 1.82) is 0 Å². The molecule has 162 valence electrons. The van der Waals surface area contributed by atoms with Crippen LogP contribution in [0.5, 0.6) is 5.75 Å². The number of ketones is 1. The fourth-order valence-corrected chi connectivity index (χ4v) is 3.59. The molecule has 2 aromatic rings. The maximum atomic E-state index is 12.0. The van der Waals surface area contributed by atoms with E-state index in [0.717, 1.165) is 36.3 Å². The van der Waals surface area contributed by atoms with Gasteiger partial charge in [0.15, 0.2) is 11.6 Å². The van der Waals surface area contributed by atoms with Crippen molar-refractivity contribution in [2.75, 3.05) is 25.1 Å². The number of rotatable bonds is 10. The van der Waals surface area contributed by atoms with E-state index in [4.69, 9.17) is 14.7 Å². The van der Waals surface area contributed by atoms with Crippen LogP contribution in [0, 0.1) is 0 Å². The molecule has 0 bridgehead atoms. The molecule has 0 aromatic carbocycles. The minimum absolute atomic E-state index is 0.178. The zero-order valence-electron chi connectivity index (χ0n) is 18.4. The SMILES string of the molecule is CCC(=O)CN(C)c1nc(-c2cc(OCC(O)(CC)CC)ccn2)nc2c1CCC2. The Morgan fingerprint density at radius 2 is 2.00 bits per heavy atom. The fourth-order valence-electron chi connectivity index (χ4n) is 3.59. The first-order valence-corrected chi connectivity index (χ1v) is 10.8. The molecule has 0 fully saturated rings. The molecule has 2 heterocycles. The molecule has 1 aliphatic rings. The maximum Gasteiger partial charge on any atom is 0.180 e. The van der Waals surface area contributed by atoms with Crippen LogP contribution >= 0.6 is 0 Å². The number of nitrogens with zero attached hydrogens (tertiary/aromatic N) is 4. The molecule has 7 nitrogen and oxygen atoms in total. The number of pyridine rings is 1. The molecule has 0 radical (unpaired) electrons. The summed E-state index contributed by atoms with van der Waals surface area (Å²) >= 11 is 0. The van der Waals surface area contributed by atoms with Crippen molar-refractivity contribution in [3.8, 4) is 17.3 Å². The van der Waals surface area contributed by atoms with Crippen LogP contribution in [-0.2, 0) is 17.6 Å². The summed E-state index contributed by atoms with van der Waals surface area (Å²) in [6.45, 7) is 6.33. The number of Topliss-reactive ketones (excluding diaryl/α,β-unsaturated/α-hetero) is 1. The lowest BCUT2D eigenvalue weighted by Crippen LogP contribution is -2.34. The highest BCUT2D eigenvalue weighted by Gasteiger charge is 2.25. The molecule has 3 rings (SSSR count). The Kier molecular flexibility index (Phi) is 7.02. The average molecular weight is 413 g/mol. The zero-order chi connectivity index (χ0) is 21.7. The van der Waals surface area contributed by atoms with Gasteiger partial charge in [0.25, 0.3) is 0 Å². The standard InChI is InChI=1S/C23H32N4O3/c1-5-16(28)14-27(4)22-18-9-8-10-19(18)25-21(26-22)20-13-17(11-12-24-20)30-15-23(29,6-2)7-3/h11-13,29H,5-10,14-15H2,1-4H3. The molecular weight excluding hydrogens is 380 g/mol. The van der Waals surface area contributed by atoms with E-state index in [1.807, 2.05) is 38.8 Å². The molecule has 0 amide bonds. The molecule has 0 spiro atoms. The van der Waals surface area contributed by atoms with Gasteiger partial charge < -0.3 is 14.7 Å².